The van der Waals surface area contributed by atoms with Crippen molar-refractivity contribution >= 4 is 14.4 Å². The fraction of sp³-hybridized carbons (Fsp3) is 0.250. The van der Waals surface area contributed by atoms with E-state index in [2.05, 4.69) is 6.58 Å². The van der Waals surface area contributed by atoms with Gasteiger partial charge >= 0.3 is 8.99 Å². The van der Waals surface area contributed by atoms with Crippen molar-refractivity contribution in [2.45, 2.75) is 6.92 Å². The maximum Gasteiger partial charge on any atom is 0.654 e. The smallest absolute Gasteiger partial charge is 0.379 e. The molecule has 0 amide bonds. The maximum atomic E-state index is 11.7. The Morgan fingerprint density at radius 2 is 2.00 bits per heavy atom. The summed E-state index contributed by atoms with van der Waals surface area (Å²) in [5.41, 5.74) is -0.297. The lowest BCUT2D eigenvalue weighted by Crippen LogP contribution is -2.35. The number of halogens is 2. The first-order chi connectivity index (χ1) is 3.85. The van der Waals surface area contributed by atoms with Crippen LogP contribution in [-0.2, 0) is 4.79 Å². The van der Waals surface area contributed by atoms with Crippen molar-refractivity contribution in [2.75, 3.05) is 0 Å². The van der Waals surface area contributed by atoms with Crippen molar-refractivity contribution in [1.82, 2.24) is 0 Å². The molecule has 5 heteroatoms. The van der Waals surface area contributed by atoms with Gasteiger partial charge in [-0.15, -0.1) is 0 Å². The summed E-state index contributed by atoms with van der Waals surface area (Å²) in [6.45, 7) is 4.11. The van der Waals surface area contributed by atoms with Crippen LogP contribution in [0.25, 0.3) is 0 Å². The molecule has 0 fully saturated rings. The first-order valence-electron chi connectivity index (χ1n) is 2.16. The summed E-state index contributed by atoms with van der Waals surface area (Å²) in [5.74, 6) is 0. The Balaban J connectivity index is 4.23. The molecule has 0 aliphatic heterocycles. The summed E-state index contributed by atoms with van der Waals surface area (Å²) in [6.07, 6.45) is 0. The topological polar surface area (TPSA) is 37.3 Å². The number of carbonyl (C=O) groups is 1. The third kappa shape index (κ3) is 2.48. The van der Waals surface area contributed by atoms with Crippen LogP contribution in [-0.4, -0.2) is 19.2 Å². The zero-order valence-corrected chi connectivity index (χ0v) is 5.82. The zero-order chi connectivity index (χ0) is 7.65. The van der Waals surface area contributed by atoms with Gasteiger partial charge in [-0.1, -0.05) is 6.58 Å². The van der Waals surface area contributed by atoms with Gasteiger partial charge < -0.3 is 4.80 Å². The van der Waals surface area contributed by atoms with Gasteiger partial charge in [-0.05, 0) is 12.5 Å². The van der Waals surface area contributed by atoms with E-state index in [9.17, 15) is 13.0 Å². The number of carbonyl (C=O) groups excluding carboxylic acids is 1. The summed E-state index contributed by atoms with van der Waals surface area (Å²) in [5, 5.41) is -1.50. The van der Waals surface area contributed by atoms with Gasteiger partial charge in [0.15, 0.2) is 0 Å². The van der Waals surface area contributed by atoms with E-state index in [0.29, 0.717) is 0 Å². The molecule has 0 unspecified atom stereocenters. The standard InChI is InChI=1S/C4H6F2O2Si/c1-3(2)4(7)9(5,6)8/h8H,1H2,2H3. The van der Waals surface area contributed by atoms with Crippen molar-refractivity contribution in [3.63, 3.8) is 0 Å². The van der Waals surface area contributed by atoms with Crippen LogP contribution in [0.5, 0.6) is 0 Å². The van der Waals surface area contributed by atoms with E-state index >= 15 is 0 Å². The van der Waals surface area contributed by atoms with Crippen LogP contribution in [0.15, 0.2) is 12.2 Å². The zero-order valence-electron chi connectivity index (χ0n) is 4.82. The van der Waals surface area contributed by atoms with Crippen molar-refractivity contribution in [2.24, 2.45) is 0 Å². The van der Waals surface area contributed by atoms with Gasteiger partial charge in [0.05, 0.1) is 0 Å². The highest BCUT2D eigenvalue weighted by molar-refractivity contribution is 6.92. The average molecular weight is 152 g/mol. The first kappa shape index (κ1) is 8.45. The molecule has 0 aromatic heterocycles. The summed E-state index contributed by atoms with van der Waals surface area (Å²) < 4.78 is 23.3. The van der Waals surface area contributed by atoms with E-state index in [1.807, 2.05) is 0 Å². The summed E-state index contributed by atoms with van der Waals surface area (Å²) in [4.78, 5) is 18.0. The van der Waals surface area contributed by atoms with E-state index in [-0.39, 0.29) is 5.57 Å². The minimum atomic E-state index is -5.56. The molecule has 0 heterocycles. The molecule has 0 bridgehead atoms. The lowest BCUT2D eigenvalue weighted by Gasteiger charge is -2.00. The van der Waals surface area contributed by atoms with Crippen molar-refractivity contribution < 1.29 is 17.8 Å². The molecular formula is C4H6F2O2Si. The number of allylic oxidation sites excluding steroid dienone is 1. The van der Waals surface area contributed by atoms with Crippen LogP contribution in [0.3, 0.4) is 0 Å². The highest BCUT2D eigenvalue weighted by Gasteiger charge is 2.44. The molecule has 1 N–H and O–H groups in total. The molecule has 0 rings (SSSR count). The molecule has 0 atom stereocenters. The van der Waals surface area contributed by atoms with Gasteiger partial charge in [0.1, 0.15) is 0 Å². The molecule has 52 valence electrons. The molecule has 0 aromatic carbocycles. The normalized spacial score (nSPS) is 11.1. The van der Waals surface area contributed by atoms with E-state index in [1.54, 1.807) is 0 Å². The second-order valence-electron chi connectivity index (χ2n) is 1.65. The summed E-state index contributed by atoms with van der Waals surface area (Å²) in [7, 11) is -5.56. The van der Waals surface area contributed by atoms with Crippen LogP contribution in [0.1, 0.15) is 6.92 Å². The van der Waals surface area contributed by atoms with Crippen LogP contribution < -0.4 is 0 Å². The van der Waals surface area contributed by atoms with Crippen LogP contribution in [0, 0.1) is 0 Å². The fourth-order valence-electron chi connectivity index (χ4n) is 0.257. The summed E-state index contributed by atoms with van der Waals surface area (Å²) >= 11 is 0. The predicted molar refractivity (Wildman–Crippen MR) is 30.0 cm³/mol. The second kappa shape index (κ2) is 2.36. The molecule has 0 saturated heterocycles. The van der Waals surface area contributed by atoms with E-state index < -0.39 is 14.4 Å². The highest BCUT2D eigenvalue weighted by atomic mass is 28.4. The third-order valence-electron chi connectivity index (χ3n) is 0.661. The van der Waals surface area contributed by atoms with Gasteiger partial charge in [-0.25, -0.2) is 8.22 Å². The minimum Gasteiger partial charge on any atom is -0.379 e. The van der Waals surface area contributed by atoms with Gasteiger partial charge in [0.25, 0.3) is 0 Å². The van der Waals surface area contributed by atoms with Gasteiger partial charge in [-0.2, -0.15) is 0 Å². The number of rotatable bonds is 2. The molecule has 0 aliphatic rings. The molecule has 2 nitrogen and oxygen atoms in total. The maximum absolute atomic E-state index is 11.7. The van der Waals surface area contributed by atoms with Gasteiger partial charge in [-0.3, -0.25) is 4.79 Å². The SMILES string of the molecule is C=C(C)C(=O)[Si](O)(F)F. The first-order valence-corrected chi connectivity index (χ1v) is 3.86. The largest absolute Gasteiger partial charge is 0.654 e. The Morgan fingerprint density at radius 1 is 1.67 bits per heavy atom. The number of hydrogen-bond acceptors (Lipinski definition) is 2. The fourth-order valence-corrected chi connectivity index (χ4v) is 0.770. The van der Waals surface area contributed by atoms with E-state index in [1.165, 1.54) is 0 Å². The van der Waals surface area contributed by atoms with Crippen molar-refractivity contribution in [3.8, 4) is 0 Å². The summed E-state index contributed by atoms with van der Waals surface area (Å²) in [6, 6.07) is 0. The lowest BCUT2D eigenvalue weighted by molar-refractivity contribution is -0.112. The molecule has 0 spiro atoms. The molecule has 9 heavy (non-hydrogen) atoms. The molecule has 0 aromatic rings. The highest BCUT2D eigenvalue weighted by Crippen LogP contribution is 2.07. The monoisotopic (exact) mass is 152 g/mol. The molecular weight excluding hydrogens is 146 g/mol. The second-order valence-corrected chi connectivity index (χ2v) is 3.19. The van der Waals surface area contributed by atoms with Crippen LogP contribution in [0.4, 0.5) is 8.22 Å². The Morgan fingerprint density at radius 3 is 2.00 bits per heavy atom. The Labute approximate surface area is 52.3 Å². The minimum absolute atomic E-state index is 0.297. The van der Waals surface area contributed by atoms with E-state index in [0.717, 1.165) is 6.92 Å². The Kier molecular flexibility index (Phi) is 2.22. The third-order valence-corrected chi connectivity index (χ3v) is 1.63. The quantitative estimate of drug-likeness (QED) is 0.356. The predicted octanol–water partition coefficient (Wildman–Crippen LogP) is 0.541. The molecule has 0 aliphatic carbocycles. The van der Waals surface area contributed by atoms with Crippen molar-refractivity contribution in [3.05, 3.63) is 12.2 Å². The molecule has 0 radical (unpaired) electrons. The average Bonchev–Trinajstić information content (AvgIpc) is 1.62. The molecule has 0 saturated carbocycles. The Hall–Kier alpha value is -0.553. The van der Waals surface area contributed by atoms with Crippen LogP contribution >= 0.6 is 0 Å². The van der Waals surface area contributed by atoms with E-state index in [4.69, 9.17) is 4.80 Å². The Bertz CT molecular complexity index is 149. The van der Waals surface area contributed by atoms with Crippen molar-refractivity contribution in [1.29, 1.82) is 0 Å². The lowest BCUT2D eigenvalue weighted by atomic mass is 10.4. The number of hydrogen-bond donors (Lipinski definition) is 1. The van der Waals surface area contributed by atoms with Gasteiger partial charge in [0, 0.05) is 0 Å². The van der Waals surface area contributed by atoms with Gasteiger partial charge in [0.2, 0.25) is 5.41 Å². The van der Waals surface area contributed by atoms with Crippen LogP contribution in [0.2, 0.25) is 0 Å².